The third kappa shape index (κ3) is 5.00. The summed E-state index contributed by atoms with van der Waals surface area (Å²) >= 11 is 1.37. The number of benzene rings is 2. The van der Waals surface area contributed by atoms with Gasteiger partial charge in [0.15, 0.2) is 0 Å². The lowest BCUT2D eigenvalue weighted by atomic mass is 10.1. The van der Waals surface area contributed by atoms with Gasteiger partial charge >= 0.3 is 0 Å². The third-order valence-electron chi connectivity index (χ3n) is 4.42. The standard InChI is InChI=1S/C22H23N3O3S/c1-13-9-14(2)20(15(3)10-13)25-19(26)11-23-21(27)18-12-29-22(24-18)16-5-7-17(28-4)8-6-16/h5-10,12H,11H2,1-4H3,(H,23,27)(H,25,26). The number of hydrogen-bond donors (Lipinski definition) is 2. The van der Waals surface area contributed by atoms with Crippen LogP contribution in [0.15, 0.2) is 41.8 Å². The van der Waals surface area contributed by atoms with Gasteiger partial charge in [0.2, 0.25) is 5.91 Å². The van der Waals surface area contributed by atoms with E-state index in [1.807, 2.05) is 57.2 Å². The molecule has 0 radical (unpaired) electrons. The lowest BCUT2D eigenvalue weighted by Gasteiger charge is -2.13. The Labute approximate surface area is 173 Å². The fourth-order valence-electron chi connectivity index (χ4n) is 3.06. The van der Waals surface area contributed by atoms with Gasteiger partial charge in [0.1, 0.15) is 16.5 Å². The Morgan fingerprint density at radius 2 is 1.72 bits per heavy atom. The minimum absolute atomic E-state index is 0.124. The van der Waals surface area contributed by atoms with Gasteiger partial charge in [-0.05, 0) is 56.2 Å². The first kappa shape index (κ1) is 20.5. The van der Waals surface area contributed by atoms with Gasteiger partial charge in [0.25, 0.3) is 5.91 Å². The second-order valence-corrected chi connectivity index (χ2v) is 7.63. The summed E-state index contributed by atoms with van der Waals surface area (Å²) in [4.78, 5) is 29.0. The van der Waals surface area contributed by atoms with E-state index in [9.17, 15) is 9.59 Å². The topological polar surface area (TPSA) is 80.3 Å². The van der Waals surface area contributed by atoms with Crippen molar-refractivity contribution in [1.29, 1.82) is 0 Å². The molecule has 2 aromatic carbocycles. The highest BCUT2D eigenvalue weighted by molar-refractivity contribution is 7.13. The highest BCUT2D eigenvalue weighted by Crippen LogP contribution is 2.26. The maximum atomic E-state index is 12.4. The summed E-state index contributed by atoms with van der Waals surface area (Å²) in [6, 6.07) is 11.5. The van der Waals surface area contributed by atoms with Crippen LogP contribution in [-0.4, -0.2) is 30.5 Å². The van der Waals surface area contributed by atoms with Crippen LogP contribution in [0.1, 0.15) is 27.2 Å². The molecule has 2 N–H and O–H groups in total. The molecule has 0 aliphatic rings. The van der Waals surface area contributed by atoms with Gasteiger partial charge in [0, 0.05) is 16.6 Å². The number of carbonyl (C=O) groups excluding carboxylic acids is 2. The Kier molecular flexibility index (Phi) is 6.29. The van der Waals surface area contributed by atoms with Crippen LogP contribution >= 0.6 is 11.3 Å². The van der Waals surface area contributed by atoms with Gasteiger partial charge < -0.3 is 15.4 Å². The summed E-state index contributed by atoms with van der Waals surface area (Å²) in [6.45, 7) is 5.79. The van der Waals surface area contributed by atoms with Crippen molar-refractivity contribution in [2.45, 2.75) is 20.8 Å². The molecule has 0 unspecified atom stereocenters. The Morgan fingerprint density at radius 3 is 2.34 bits per heavy atom. The fourth-order valence-corrected chi connectivity index (χ4v) is 3.86. The van der Waals surface area contributed by atoms with Crippen LogP contribution in [0, 0.1) is 20.8 Å². The molecular formula is C22H23N3O3S. The van der Waals surface area contributed by atoms with Gasteiger partial charge in [-0.25, -0.2) is 4.98 Å². The molecule has 1 aromatic heterocycles. The van der Waals surface area contributed by atoms with E-state index >= 15 is 0 Å². The van der Waals surface area contributed by atoms with Crippen molar-refractivity contribution >= 4 is 28.8 Å². The van der Waals surface area contributed by atoms with Crippen molar-refractivity contribution < 1.29 is 14.3 Å². The van der Waals surface area contributed by atoms with Crippen molar-refractivity contribution in [3.8, 4) is 16.3 Å². The fraction of sp³-hybridized carbons (Fsp3) is 0.227. The minimum atomic E-state index is -0.381. The van der Waals surface area contributed by atoms with Crippen molar-refractivity contribution in [2.24, 2.45) is 0 Å². The first-order valence-corrected chi connectivity index (χ1v) is 10.0. The highest BCUT2D eigenvalue weighted by Gasteiger charge is 2.14. The molecular weight excluding hydrogens is 386 g/mol. The van der Waals surface area contributed by atoms with E-state index < -0.39 is 0 Å². The summed E-state index contributed by atoms with van der Waals surface area (Å²) in [5, 5.41) is 7.91. The van der Waals surface area contributed by atoms with Crippen LogP contribution in [-0.2, 0) is 4.79 Å². The normalized spacial score (nSPS) is 10.5. The maximum Gasteiger partial charge on any atom is 0.271 e. The molecule has 0 spiro atoms. The lowest BCUT2D eigenvalue weighted by Crippen LogP contribution is -2.33. The molecule has 2 amide bonds. The second-order valence-electron chi connectivity index (χ2n) is 6.77. The van der Waals surface area contributed by atoms with Crippen LogP contribution < -0.4 is 15.4 Å². The Morgan fingerprint density at radius 1 is 1.07 bits per heavy atom. The number of anilines is 1. The quantitative estimate of drug-likeness (QED) is 0.642. The predicted octanol–water partition coefficient (Wildman–Crippen LogP) is 4.11. The summed E-state index contributed by atoms with van der Waals surface area (Å²) in [5.41, 5.74) is 5.10. The van der Waals surface area contributed by atoms with E-state index in [-0.39, 0.29) is 24.1 Å². The molecule has 0 saturated heterocycles. The van der Waals surface area contributed by atoms with Crippen molar-refractivity contribution in [3.05, 3.63) is 64.2 Å². The van der Waals surface area contributed by atoms with E-state index in [4.69, 9.17) is 4.74 Å². The van der Waals surface area contributed by atoms with Crippen molar-refractivity contribution in [3.63, 3.8) is 0 Å². The third-order valence-corrected chi connectivity index (χ3v) is 5.32. The molecule has 3 aromatic rings. The number of aromatic nitrogens is 1. The van der Waals surface area contributed by atoms with E-state index in [2.05, 4.69) is 15.6 Å². The molecule has 0 fully saturated rings. The average Bonchev–Trinajstić information content (AvgIpc) is 3.19. The summed E-state index contributed by atoms with van der Waals surface area (Å²) < 4.78 is 5.15. The Hall–Kier alpha value is -3.19. The van der Waals surface area contributed by atoms with E-state index in [0.717, 1.165) is 38.7 Å². The first-order chi connectivity index (χ1) is 13.9. The van der Waals surface area contributed by atoms with E-state index in [1.165, 1.54) is 11.3 Å². The maximum absolute atomic E-state index is 12.4. The number of nitrogens with one attached hydrogen (secondary N) is 2. The number of ether oxygens (including phenoxy) is 1. The van der Waals surface area contributed by atoms with Gasteiger partial charge in [-0.2, -0.15) is 0 Å². The smallest absolute Gasteiger partial charge is 0.271 e. The summed E-state index contributed by atoms with van der Waals surface area (Å²) in [7, 11) is 1.61. The number of thiazole rings is 1. The Balaban J connectivity index is 1.59. The number of aryl methyl sites for hydroxylation is 3. The van der Waals surface area contributed by atoms with E-state index in [0.29, 0.717) is 0 Å². The number of rotatable bonds is 6. The van der Waals surface area contributed by atoms with Gasteiger partial charge in [0.05, 0.1) is 13.7 Å². The highest BCUT2D eigenvalue weighted by atomic mass is 32.1. The van der Waals surface area contributed by atoms with Gasteiger partial charge in [-0.1, -0.05) is 17.7 Å². The molecule has 0 saturated carbocycles. The van der Waals surface area contributed by atoms with Gasteiger partial charge in [-0.15, -0.1) is 11.3 Å². The van der Waals surface area contributed by atoms with Crippen LogP contribution in [0.3, 0.4) is 0 Å². The first-order valence-electron chi connectivity index (χ1n) is 9.13. The minimum Gasteiger partial charge on any atom is -0.497 e. The SMILES string of the molecule is COc1ccc(-c2nc(C(=O)NCC(=O)Nc3c(C)cc(C)cc3C)cs2)cc1. The molecule has 0 aliphatic carbocycles. The largest absolute Gasteiger partial charge is 0.497 e. The molecule has 7 heteroatoms. The monoisotopic (exact) mass is 409 g/mol. The van der Waals surface area contributed by atoms with Crippen molar-refractivity contribution in [2.75, 3.05) is 19.0 Å². The zero-order valence-corrected chi connectivity index (χ0v) is 17.6. The van der Waals surface area contributed by atoms with Gasteiger partial charge in [-0.3, -0.25) is 9.59 Å². The number of nitrogens with zero attached hydrogens (tertiary/aromatic N) is 1. The summed E-state index contributed by atoms with van der Waals surface area (Å²) in [6.07, 6.45) is 0. The number of hydrogen-bond acceptors (Lipinski definition) is 5. The number of carbonyl (C=O) groups is 2. The van der Waals surface area contributed by atoms with Crippen molar-refractivity contribution in [1.82, 2.24) is 10.3 Å². The molecule has 0 aliphatic heterocycles. The predicted molar refractivity (Wildman–Crippen MR) is 116 cm³/mol. The summed E-state index contributed by atoms with van der Waals surface area (Å²) in [5.74, 6) is 0.0980. The molecule has 1 heterocycles. The van der Waals surface area contributed by atoms with Crippen LogP contribution in [0.4, 0.5) is 5.69 Å². The zero-order chi connectivity index (χ0) is 21.0. The van der Waals surface area contributed by atoms with Crippen LogP contribution in [0.5, 0.6) is 5.75 Å². The van der Waals surface area contributed by atoms with Crippen LogP contribution in [0.25, 0.3) is 10.6 Å². The average molecular weight is 410 g/mol. The lowest BCUT2D eigenvalue weighted by molar-refractivity contribution is -0.115. The Bertz CT molecular complexity index is 1020. The van der Waals surface area contributed by atoms with Crippen LogP contribution in [0.2, 0.25) is 0 Å². The molecule has 0 atom stereocenters. The molecule has 3 rings (SSSR count). The molecule has 0 bridgehead atoms. The zero-order valence-electron chi connectivity index (χ0n) is 16.8. The number of amides is 2. The molecule has 29 heavy (non-hydrogen) atoms. The molecule has 150 valence electrons. The number of methoxy groups -OCH3 is 1. The second kappa shape index (κ2) is 8.87. The molecule has 6 nitrogen and oxygen atoms in total. The van der Waals surface area contributed by atoms with E-state index in [1.54, 1.807) is 12.5 Å².